The van der Waals surface area contributed by atoms with Gasteiger partial charge in [-0.2, -0.15) is 11.8 Å². The topological polar surface area (TPSA) is 24.4 Å². The first kappa shape index (κ1) is 10.3. The van der Waals surface area contributed by atoms with Crippen molar-refractivity contribution in [2.24, 2.45) is 4.99 Å². The number of rotatable bonds is 2. The van der Waals surface area contributed by atoms with Gasteiger partial charge in [0.05, 0.1) is 5.84 Å². The Morgan fingerprint density at radius 1 is 1.36 bits per heavy atom. The SMILES string of the molecule is CSC1CCC(NC2=NCCCC2)C1. The van der Waals surface area contributed by atoms with Gasteiger partial charge in [-0.15, -0.1) is 0 Å². The van der Waals surface area contributed by atoms with Crippen LogP contribution in [0.2, 0.25) is 0 Å². The summed E-state index contributed by atoms with van der Waals surface area (Å²) in [6.07, 6.45) is 10.1. The van der Waals surface area contributed by atoms with Crippen LogP contribution in [0.1, 0.15) is 38.5 Å². The molecule has 0 bridgehead atoms. The van der Waals surface area contributed by atoms with Crippen LogP contribution in [-0.2, 0) is 0 Å². The van der Waals surface area contributed by atoms with E-state index in [9.17, 15) is 0 Å². The van der Waals surface area contributed by atoms with Crippen LogP contribution < -0.4 is 5.32 Å². The highest BCUT2D eigenvalue weighted by atomic mass is 32.2. The Balaban J connectivity index is 1.78. The largest absolute Gasteiger partial charge is 0.371 e. The van der Waals surface area contributed by atoms with Gasteiger partial charge in [0, 0.05) is 24.3 Å². The van der Waals surface area contributed by atoms with E-state index in [-0.39, 0.29) is 0 Å². The van der Waals surface area contributed by atoms with Gasteiger partial charge in [0.1, 0.15) is 0 Å². The molecule has 2 unspecified atom stereocenters. The lowest BCUT2D eigenvalue weighted by Crippen LogP contribution is -2.34. The van der Waals surface area contributed by atoms with Crippen molar-refractivity contribution in [2.75, 3.05) is 12.8 Å². The molecule has 0 amide bonds. The van der Waals surface area contributed by atoms with Gasteiger partial charge in [-0.3, -0.25) is 4.99 Å². The normalized spacial score (nSPS) is 32.8. The van der Waals surface area contributed by atoms with Crippen molar-refractivity contribution in [3.05, 3.63) is 0 Å². The summed E-state index contributed by atoms with van der Waals surface area (Å²) in [6, 6.07) is 0.712. The molecule has 1 aliphatic heterocycles. The maximum Gasteiger partial charge on any atom is 0.0965 e. The second-order valence-corrected chi connectivity index (χ2v) is 5.44. The zero-order valence-electron chi connectivity index (χ0n) is 8.96. The molecular formula is C11H20N2S. The first-order valence-electron chi connectivity index (χ1n) is 5.71. The number of hydrogen-bond donors (Lipinski definition) is 1. The molecule has 2 nitrogen and oxygen atoms in total. The van der Waals surface area contributed by atoms with Gasteiger partial charge in [-0.05, 0) is 38.4 Å². The molecule has 3 heteroatoms. The summed E-state index contributed by atoms with van der Waals surface area (Å²) < 4.78 is 0. The van der Waals surface area contributed by atoms with Crippen LogP contribution in [0.5, 0.6) is 0 Å². The summed E-state index contributed by atoms with van der Waals surface area (Å²) in [6.45, 7) is 1.04. The molecule has 0 aromatic heterocycles. The van der Waals surface area contributed by atoms with Crippen molar-refractivity contribution in [1.29, 1.82) is 0 Å². The first-order valence-corrected chi connectivity index (χ1v) is 7.00. The number of nitrogens with zero attached hydrogens (tertiary/aromatic N) is 1. The molecule has 1 aliphatic carbocycles. The van der Waals surface area contributed by atoms with Gasteiger partial charge in [0.25, 0.3) is 0 Å². The average molecular weight is 212 g/mol. The first-order chi connectivity index (χ1) is 6.88. The molecule has 0 aromatic carbocycles. The highest BCUT2D eigenvalue weighted by molar-refractivity contribution is 7.99. The van der Waals surface area contributed by atoms with Crippen molar-refractivity contribution in [3.8, 4) is 0 Å². The molecule has 0 aromatic rings. The lowest BCUT2D eigenvalue weighted by molar-refractivity contribution is 0.605. The Labute approximate surface area is 90.9 Å². The number of amidine groups is 1. The third-order valence-electron chi connectivity index (χ3n) is 3.21. The van der Waals surface area contributed by atoms with Crippen LogP contribution in [0.4, 0.5) is 0 Å². The standard InChI is InChI=1S/C11H20N2S/c1-14-10-6-5-9(8-10)13-11-4-2-3-7-12-11/h9-10H,2-8H2,1H3,(H,12,13). The molecular weight excluding hydrogens is 192 g/mol. The third kappa shape index (κ3) is 2.66. The van der Waals surface area contributed by atoms with Gasteiger partial charge in [0.15, 0.2) is 0 Å². The van der Waals surface area contributed by atoms with Crippen LogP contribution in [0.15, 0.2) is 4.99 Å². The van der Waals surface area contributed by atoms with E-state index in [1.165, 1.54) is 44.4 Å². The van der Waals surface area contributed by atoms with Crippen molar-refractivity contribution < 1.29 is 0 Å². The van der Waals surface area contributed by atoms with Gasteiger partial charge in [0.2, 0.25) is 0 Å². The fraction of sp³-hybridized carbons (Fsp3) is 0.909. The van der Waals surface area contributed by atoms with Crippen LogP contribution in [0.25, 0.3) is 0 Å². The zero-order valence-corrected chi connectivity index (χ0v) is 9.78. The quantitative estimate of drug-likeness (QED) is 0.760. The van der Waals surface area contributed by atoms with Crippen LogP contribution >= 0.6 is 11.8 Å². The second kappa shape index (κ2) is 5.06. The molecule has 1 heterocycles. The maximum absolute atomic E-state index is 4.54. The third-order valence-corrected chi connectivity index (χ3v) is 4.31. The lowest BCUT2D eigenvalue weighted by Gasteiger charge is -2.18. The fourth-order valence-corrected chi connectivity index (χ4v) is 3.13. The highest BCUT2D eigenvalue weighted by Gasteiger charge is 2.24. The summed E-state index contributed by atoms with van der Waals surface area (Å²) in [5.74, 6) is 1.28. The fourth-order valence-electron chi connectivity index (χ4n) is 2.34. The van der Waals surface area contributed by atoms with Crippen molar-refractivity contribution in [3.63, 3.8) is 0 Å². The van der Waals surface area contributed by atoms with Crippen molar-refractivity contribution >= 4 is 17.6 Å². The number of thioether (sulfide) groups is 1. The lowest BCUT2D eigenvalue weighted by atomic mass is 10.1. The van der Waals surface area contributed by atoms with Crippen LogP contribution in [0.3, 0.4) is 0 Å². The highest BCUT2D eigenvalue weighted by Crippen LogP contribution is 2.28. The number of hydrogen-bond acceptors (Lipinski definition) is 3. The van der Waals surface area contributed by atoms with Gasteiger partial charge in [-0.1, -0.05) is 0 Å². The molecule has 2 atom stereocenters. The summed E-state index contributed by atoms with van der Waals surface area (Å²) in [5.41, 5.74) is 0. The minimum atomic E-state index is 0.712. The van der Waals surface area contributed by atoms with Gasteiger partial charge in [-0.25, -0.2) is 0 Å². The molecule has 0 radical (unpaired) electrons. The Kier molecular flexibility index (Phi) is 3.74. The Morgan fingerprint density at radius 2 is 2.29 bits per heavy atom. The molecule has 2 aliphatic rings. The van der Waals surface area contributed by atoms with E-state index >= 15 is 0 Å². The van der Waals surface area contributed by atoms with Crippen LogP contribution in [0, 0.1) is 0 Å². The Hall–Kier alpha value is -0.180. The molecule has 1 N–H and O–H groups in total. The zero-order chi connectivity index (χ0) is 9.80. The summed E-state index contributed by atoms with van der Waals surface area (Å²) in [5, 5.41) is 4.50. The molecule has 1 saturated carbocycles. The predicted molar refractivity (Wildman–Crippen MR) is 64.2 cm³/mol. The van der Waals surface area contributed by atoms with E-state index in [4.69, 9.17) is 0 Å². The minimum Gasteiger partial charge on any atom is -0.371 e. The molecule has 80 valence electrons. The van der Waals surface area contributed by atoms with E-state index in [1.807, 2.05) is 11.8 Å². The molecule has 0 saturated heterocycles. The average Bonchev–Trinajstić information content (AvgIpc) is 2.67. The van der Waals surface area contributed by atoms with E-state index in [0.717, 1.165) is 11.8 Å². The van der Waals surface area contributed by atoms with Crippen molar-refractivity contribution in [2.45, 2.75) is 49.8 Å². The Bertz CT molecular complexity index is 215. The van der Waals surface area contributed by atoms with Gasteiger partial charge < -0.3 is 5.32 Å². The summed E-state index contributed by atoms with van der Waals surface area (Å²) in [4.78, 5) is 4.54. The summed E-state index contributed by atoms with van der Waals surface area (Å²) in [7, 11) is 0. The second-order valence-electron chi connectivity index (χ2n) is 4.30. The minimum absolute atomic E-state index is 0.712. The predicted octanol–water partition coefficient (Wildman–Crippen LogP) is 2.44. The number of aliphatic imine (C=N–C) groups is 1. The van der Waals surface area contributed by atoms with Crippen LogP contribution in [-0.4, -0.2) is 29.9 Å². The van der Waals surface area contributed by atoms with Crippen molar-refractivity contribution in [1.82, 2.24) is 5.32 Å². The smallest absolute Gasteiger partial charge is 0.0965 e. The van der Waals surface area contributed by atoms with Gasteiger partial charge >= 0.3 is 0 Å². The maximum atomic E-state index is 4.54. The Morgan fingerprint density at radius 3 is 2.93 bits per heavy atom. The van der Waals surface area contributed by atoms with E-state index in [0.29, 0.717) is 6.04 Å². The molecule has 14 heavy (non-hydrogen) atoms. The molecule has 0 spiro atoms. The van der Waals surface area contributed by atoms with E-state index < -0.39 is 0 Å². The molecule has 2 rings (SSSR count). The number of nitrogens with one attached hydrogen (secondary N) is 1. The van der Waals surface area contributed by atoms with E-state index in [2.05, 4.69) is 16.6 Å². The van der Waals surface area contributed by atoms with E-state index in [1.54, 1.807) is 0 Å². The summed E-state index contributed by atoms with van der Waals surface area (Å²) >= 11 is 2.02. The molecule has 1 fully saturated rings. The monoisotopic (exact) mass is 212 g/mol.